The number of esters is 1. The first-order valence-electron chi connectivity index (χ1n) is 10.1. The second-order valence-electron chi connectivity index (χ2n) is 7.33. The maximum absolute atomic E-state index is 12.3. The normalized spacial score (nSPS) is 12.9. The summed E-state index contributed by atoms with van der Waals surface area (Å²) in [6.45, 7) is 2.83. The van der Waals surface area contributed by atoms with Crippen LogP contribution in [0.5, 0.6) is 0 Å². The molecule has 0 radical (unpaired) electrons. The third-order valence-corrected chi connectivity index (χ3v) is 5.43. The average Bonchev–Trinajstić information content (AvgIpc) is 2.82. The predicted octanol–water partition coefficient (Wildman–Crippen LogP) is 5.37. The van der Waals surface area contributed by atoms with E-state index in [9.17, 15) is 9.59 Å². The molecule has 0 spiro atoms. The van der Waals surface area contributed by atoms with E-state index in [2.05, 4.69) is 36.1 Å². The zero-order valence-electron chi connectivity index (χ0n) is 17.4. The Morgan fingerprint density at radius 2 is 1.50 bits per heavy atom. The van der Waals surface area contributed by atoms with Gasteiger partial charge in [0.1, 0.15) is 6.29 Å². The summed E-state index contributed by atoms with van der Waals surface area (Å²) in [5.41, 5.74) is 3.93. The number of nitrogens with zero attached hydrogens (tertiary/aromatic N) is 1. The van der Waals surface area contributed by atoms with Crippen molar-refractivity contribution in [3.63, 3.8) is 0 Å². The van der Waals surface area contributed by atoms with E-state index in [0.29, 0.717) is 12.1 Å². The van der Waals surface area contributed by atoms with E-state index in [-0.39, 0.29) is 24.5 Å². The largest absolute Gasteiger partial charge is 0.469 e. The number of hydrogen-bond acceptors (Lipinski definition) is 4. The van der Waals surface area contributed by atoms with Gasteiger partial charge in [0.25, 0.3) is 0 Å². The van der Waals surface area contributed by atoms with Crippen molar-refractivity contribution >= 4 is 12.3 Å². The zero-order chi connectivity index (χ0) is 21.3. The van der Waals surface area contributed by atoms with Crippen LogP contribution in [-0.2, 0) is 16.1 Å². The minimum absolute atomic E-state index is 0.0619. The fourth-order valence-electron chi connectivity index (χ4n) is 3.70. The summed E-state index contributed by atoms with van der Waals surface area (Å²) < 4.78 is 5.01. The molecule has 0 N–H and O–H groups in total. The van der Waals surface area contributed by atoms with Crippen LogP contribution in [0.2, 0.25) is 0 Å². The van der Waals surface area contributed by atoms with E-state index < -0.39 is 0 Å². The number of aldehydes is 1. The molecule has 4 heteroatoms. The van der Waals surface area contributed by atoms with Gasteiger partial charge >= 0.3 is 5.97 Å². The van der Waals surface area contributed by atoms with Crippen molar-refractivity contribution in [2.45, 2.75) is 32.0 Å². The van der Waals surface area contributed by atoms with Gasteiger partial charge in [-0.2, -0.15) is 0 Å². The third-order valence-electron chi connectivity index (χ3n) is 5.43. The van der Waals surface area contributed by atoms with Crippen molar-refractivity contribution in [3.05, 3.63) is 107 Å². The zero-order valence-corrected chi connectivity index (χ0v) is 17.4. The van der Waals surface area contributed by atoms with Gasteiger partial charge in [-0.25, -0.2) is 0 Å². The second kappa shape index (κ2) is 10.5. The van der Waals surface area contributed by atoms with Crippen LogP contribution >= 0.6 is 0 Å². The molecule has 154 valence electrons. The van der Waals surface area contributed by atoms with Gasteiger partial charge in [-0.3, -0.25) is 14.5 Å². The summed E-state index contributed by atoms with van der Waals surface area (Å²) >= 11 is 0. The van der Waals surface area contributed by atoms with Gasteiger partial charge in [0.2, 0.25) is 0 Å². The SMILES string of the molecule is COC(=O)C[C@H](c1ccc(C=O)cc1)N(Cc1ccccc1)[C@@H](C)c1ccccc1. The Kier molecular flexibility index (Phi) is 7.52. The minimum atomic E-state index is -0.266. The summed E-state index contributed by atoms with van der Waals surface area (Å²) in [6.07, 6.45) is 1.05. The summed E-state index contributed by atoms with van der Waals surface area (Å²) in [5.74, 6) is -0.266. The van der Waals surface area contributed by atoms with Crippen LogP contribution in [0.15, 0.2) is 84.9 Å². The fraction of sp³-hybridized carbons (Fsp3) is 0.231. The van der Waals surface area contributed by atoms with E-state index in [1.807, 2.05) is 48.5 Å². The Morgan fingerprint density at radius 1 is 0.900 bits per heavy atom. The molecule has 3 rings (SSSR count). The lowest BCUT2D eigenvalue weighted by atomic mass is 9.96. The lowest BCUT2D eigenvalue weighted by molar-refractivity contribution is -0.142. The minimum Gasteiger partial charge on any atom is -0.469 e. The molecule has 0 aliphatic rings. The monoisotopic (exact) mass is 401 g/mol. The molecule has 0 heterocycles. The third kappa shape index (κ3) is 5.43. The molecule has 0 saturated carbocycles. The highest BCUT2D eigenvalue weighted by molar-refractivity contribution is 5.75. The summed E-state index contributed by atoms with van der Waals surface area (Å²) in [6, 6.07) is 27.8. The molecule has 0 aliphatic heterocycles. The highest BCUT2D eigenvalue weighted by atomic mass is 16.5. The lowest BCUT2D eigenvalue weighted by Crippen LogP contribution is -2.33. The predicted molar refractivity (Wildman–Crippen MR) is 118 cm³/mol. The van der Waals surface area contributed by atoms with Crippen LogP contribution in [0.4, 0.5) is 0 Å². The maximum atomic E-state index is 12.3. The Bertz CT molecular complexity index is 939. The molecular weight excluding hydrogens is 374 g/mol. The van der Waals surface area contributed by atoms with Crippen LogP contribution in [0.25, 0.3) is 0 Å². The van der Waals surface area contributed by atoms with Crippen molar-refractivity contribution in [1.82, 2.24) is 4.90 Å². The van der Waals surface area contributed by atoms with E-state index in [1.54, 1.807) is 12.1 Å². The number of carbonyl (C=O) groups is 2. The Hall–Kier alpha value is -3.24. The van der Waals surface area contributed by atoms with E-state index in [1.165, 1.54) is 18.2 Å². The molecule has 0 aliphatic carbocycles. The van der Waals surface area contributed by atoms with Gasteiger partial charge in [0, 0.05) is 24.2 Å². The van der Waals surface area contributed by atoms with Gasteiger partial charge in [-0.15, -0.1) is 0 Å². The van der Waals surface area contributed by atoms with Crippen LogP contribution in [0, 0.1) is 0 Å². The molecule has 0 aromatic heterocycles. The summed E-state index contributed by atoms with van der Waals surface area (Å²) in [5, 5.41) is 0. The van der Waals surface area contributed by atoms with E-state index in [4.69, 9.17) is 4.74 Å². The van der Waals surface area contributed by atoms with Crippen molar-refractivity contribution in [1.29, 1.82) is 0 Å². The standard InChI is InChI=1S/C26H27NO3/c1-20(23-11-7-4-8-12-23)27(18-21-9-5-3-6-10-21)25(17-26(29)30-2)24-15-13-22(19-28)14-16-24/h3-16,19-20,25H,17-18H2,1-2H3/t20-,25+/m0/s1. The number of methoxy groups -OCH3 is 1. The molecule has 3 aromatic rings. The molecule has 0 saturated heterocycles. The number of rotatable bonds is 9. The van der Waals surface area contributed by atoms with Gasteiger partial charge in [-0.05, 0) is 23.6 Å². The average molecular weight is 402 g/mol. The number of hydrogen-bond donors (Lipinski definition) is 0. The van der Waals surface area contributed by atoms with Crippen LogP contribution in [-0.4, -0.2) is 24.3 Å². The molecule has 4 nitrogen and oxygen atoms in total. The maximum Gasteiger partial charge on any atom is 0.307 e. The fourth-order valence-corrected chi connectivity index (χ4v) is 3.70. The van der Waals surface area contributed by atoms with E-state index in [0.717, 1.165) is 11.8 Å². The smallest absolute Gasteiger partial charge is 0.307 e. The highest BCUT2D eigenvalue weighted by Gasteiger charge is 2.28. The number of benzene rings is 3. The first kappa shape index (κ1) is 21.5. The molecule has 3 aromatic carbocycles. The molecule has 2 atom stereocenters. The first-order valence-corrected chi connectivity index (χ1v) is 10.1. The van der Waals surface area contributed by atoms with Gasteiger partial charge in [-0.1, -0.05) is 84.9 Å². The molecule has 0 amide bonds. The molecule has 0 fully saturated rings. The van der Waals surface area contributed by atoms with Crippen LogP contribution in [0.1, 0.15) is 52.5 Å². The van der Waals surface area contributed by atoms with Gasteiger partial charge < -0.3 is 4.74 Å². The van der Waals surface area contributed by atoms with E-state index >= 15 is 0 Å². The quantitative estimate of drug-likeness (QED) is 0.357. The molecule has 0 bridgehead atoms. The highest BCUT2D eigenvalue weighted by Crippen LogP contribution is 2.35. The lowest BCUT2D eigenvalue weighted by Gasteiger charge is -2.37. The molecule has 0 unspecified atom stereocenters. The first-order chi connectivity index (χ1) is 14.6. The number of carbonyl (C=O) groups excluding carboxylic acids is 2. The topological polar surface area (TPSA) is 46.6 Å². The van der Waals surface area contributed by atoms with Crippen molar-refractivity contribution in [3.8, 4) is 0 Å². The van der Waals surface area contributed by atoms with Crippen molar-refractivity contribution in [2.24, 2.45) is 0 Å². The Labute approximate surface area is 178 Å². The summed E-state index contributed by atoms with van der Waals surface area (Å²) in [4.78, 5) is 25.7. The van der Waals surface area contributed by atoms with Crippen LogP contribution < -0.4 is 0 Å². The second-order valence-corrected chi connectivity index (χ2v) is 7.33. The van der Waals surface area contributed by atoms with Gasteiger partial charge in [0.15, 0.2) is 0 Å². The van der Waals surface area contributed by atoms with Crippen molar-refractivity contribution in [2.75, 3.05) is 7.11 Å². The van der Waals surface area contributed by atoms with Crippen molar-refractivity contribution < 1.29 is 14.3 Å². The Morgan fingerprint density at radius 3 is 2.07 bits per heavy atom. The van der Waals surface area contributed by atoms with Crippen LogP contribution in [0.3, 0.4) is 0 Å². The summed E-state index contributed by atoms with van der Waals surface area (Å²) in [7, 11) is 1.41. The molecule has 30 heavy (non-hydrogen) atoms. The van der Waals surface area contributed by atoms with Gasteiger partial charge in [0.05, 0.1) is 13.5 Å². The number of ether oxygens (including phenoxy) is 1. The molecular formula is C26H27NO3. The Balaban J connectivity index is 2.03.